The van der Waals surface area contributed by atoms with Crippen LogP contribution < -0.4 is 10.2 Å². The highest BCUT2D eigenvalue weighted by Crippen LogP contribution is 2.23. The summed E-state index contributed by atoms with van der Waals surface area (Å²) in [5.41, 5.74) is 3.69. The molecule has 0 radical (unpaired) electrons. The summed E-state index contributed by atoms with van der Waals surface area (Å²) in [5, 5.41) is 12.2. The van der Waals surface area contributed by atoms with Crippen molar-refractivity contribution in [2.75, 3.05) is 18.0 Å². The number of benzene rings is 1. The normalized spacial score (nSPS) is 23.4. The third-order valence-electron chi connectivity index (χ3n) is 3.61. The number of aryl methyl sites for hydroxylation is 2. The molecule has 19 heavy (non-hydrogen) atoms. The lowest BCUT2D eigenvalue weighted by atomic mass is 10.0. The highest BCUT2D eigenvalue weighted by atomic mass is 16.4. The number of aliphatic carboxylic acids is 1. The molecule has 2 atom stereocenters. The van der Waals surface area contributed by atoms with E-state index in [0.29, 0.717) is 6.04 Å². The van der Waals surface area contributed by atoms with Crippen molar-refractivity contribution in [3.63, 3.8) is 0 Å². The summed E-state index contributed by atoms with van der Waals surface area (Å²) in [6.07, 6.45) is 0.175. The number of nitrogens with zero attached hydrogens (tertiary/aromatic N) is 1. The molecule has 0 aromatic heterocycles. The highest BCUT2D eigenvalue weighted by molar-refractivity contribution is 5.68. The van der Waals surface area contributed by atoms with Crippen LogP contribution in [-0.4, -0.2) is 36.2 Å². The fraction of sp³-hybridized carbons (Fsp3) is 0.533. The second-order valence-corrected chi connectivity index (χ2v) is 5.55. The molecule has 0 amide bonds. The molecule has 2 rings (SSSR count). The van der Waals surface area contributed by atoms with E-state index in [9.17, 15) is 4.79 Å². The predicted molar refractivity (Wildman–Crippen MR) is 76.8 cm³/mol. The van der Waals surface area contributed by atoms with Crippen LogP contribution in [0.2, 0.25) is 0 Å². The third-order valence-corrected chi connectivity index (χ3v) is 3.61. The van der Waals surface area contributed by atoms with E-state index in [1.54, 1.807) is 0 Å². The maximum absolute atomic E-state index is 10.8. The Labute approximate surface area is 114 Å². The molecule has 1 saturated heterocycles. The Bertz CT molecular complexity index is 453. The number of hydrogen-bond donors (Lipinski definition) is 2. The molecule has 4 nitrogen and oxygen atoms in total. The van der Waals surface area contributed by atoms with Crippen molar-refractivity contribution in [3.8, 4) is 0 Å². The van der Waals surface area contributed by atoms with Gasteiger partial charge in [-0.05, 0) is 44.0 Å². The van der Waals surface area contributed by atoms with Crippen molar-refractivity contribution < 1.29 is 9.90 Å². The summed E-state index contributed by atoms with van der Waals surface area (Å²) in [5.74, 6) is -0.743. The van der Waals surface area contributed by atoms with Crippen molar-refractivity contribution in [1.29, 1.82) is 0 Å². The van der Waals surface area contributed by atoms with Gasteiger partial charge in [0.1, 0.15) is 0 Å². The maximum atomic E-state index is 10.8. The number of nitrogens with one attached hydrogen (secondary N) is 1. The first-order chi connectivity index (χ1) is 8.95. The molecule has 1 heterocycles. The van der Waals surface area contributed by atoms with Gasteiger partial charge in [-0.1, -0.05) is 6.07 Å². The smallest absolute Gasteiger partial charge is 0.304 e. The van der Waals surface area contributed by atoms with E-state index in [2.05, 4.69) is 49.2 Å². The number of anilines is 1. The molecule has 0 aliphatic carbocycles. The number of carboxylic acid groups (broad SMARTS) is 1. The fourth-order valence-corrected chi connectivity index (χ4v) is 2.75. The van der Waals surface area contributed by atoms with Crippen molar-refractivity contribution >= 4 is 11.7 Å². The monoisotopic (exact) mass is 262 g/mol. The summed E-state index contributed by atoms with van der Waals surface area (Å²) in [7, 11) is 0. The van der Waals surface area contributed by atoms with Crippen LogP contribution in [0.1, 0.15) is 24.5 Å². The van der Waals surface area contributed by atoms with E-state index >= 15 is 0 Å². The Kier molecular flexibility index (Phi) is 4.10. The molecule has 0 bridgehead atoms. The maximum Gasteiger partial charge on any atom is 0.304 e. The van der Waals surface area contributed by atoms with Gasteiger partial charge in [0.05, 0.1) is 6.42 Å². The van der Waals surface area contributed by atoms with Crippen LogP contribution >= 0.6 is 0 Å². The van der Waals surface area contributed by atoms with Crippen LogP contribution in [0.25, 0.3) is 0 Å². The molecular formula is C15H22N2O2. The molecule has 1 aromatic carbocycles. The van der Waals surface area contributed by atoms with Crippen LogP contribution in [0, 0.1) is 13.8 Å². The van der Waals surface area contributed by atoms with Crippen LogP contribution in [0.15, 0.2) is 18.2 Å². The molecule has 0 saturated carbocycles. The van der Waals surface area contributed by atoms with Gasteiger partial charge < -0.3 is 15.3 Å². The van der Waals surface area contributed by atoms with Crippen LogP contribution in [0.3, 0.4) is 0 Å². The van der Waals surface area contributed by atoms with Gasteiger partial charge in [-0.25, -0.2) is 0 Å². The second-order valence-electron chi connectivity index (χ2n) is 5.55. The largest absolute Gasteiger partial charge is 0.481 e. The fourth-order valence-electron chi connectivity index (χ4n) is 2.75. The summed E-state index contributed by atoms with van der Waals surface area (Å²) >= 11 is 0. The lowest BCUT2D eigenvalue weighted by molar-refractivity contribution is -0.137. The average Bonchev–Trinajstić information content (AvgIpc) is 2.29. The standard InChI is InChI=1S/C15H22N2O2/c1-10-4-11(2)6-14(5-10)17-9-13(7-15(18)19)16-8-12(17)3/h4-6,12-13,16H,7-9H2,1-3H3,(H,18,19). The minimum Gasteiger partial charge on any atom is -0.481 e. The minimum atomic E-state index is -0.743. The molecule has 2 unspecified atom stereocenters. The molecule has 1 fully saturated rings. The number of carbonyl (C=O) groups is 1. The minimum absolute atomic E-state index is 0.0227. The summed E-state index contributed by atoms with van der Waals surface area (Å²) in [6.45, 7) is 7.93. The van der Waals surface area contributed by atoms with E-state index in [4.69, 9.17) is 5.11 Å². The molecule has 1 aliphatic heterocycles. The molecule has 2 N–H and O–H groups in total. The van der Waals surface area contributed by atoms with Gasteiger partial charge in [0.2, 0.25) is 0 Å². The SMILES string of the molecule is Cc1cc(C)cc(N2CC(CC(=O)O)NCC2C)c1. The molecule has 1 aromatic rings. The van der Waals surface area contributed by atoms with Gasteiger partial charge in [-0.3, -0.25) is 4.79 Å². The van der Waals surface area contributed by atoms with Crippen LogP contribution in [0.5, 0.6) is 0 Å². The molecule has 1 aliphatic rings. The number of hydrogen-bond acceptors (Lipinski definition) is 3. The summed E-state index contributed by atoms with van der Waals surface area (Å²) in [6, 6.07) is 6.91. The zero-order valence-electron chi connectivity index (χ0n) is 11.8. The van der Waals surface area contributed by atoms with Crippen molar-refractivity contribution in [3.05, 3.63) is 29.3 Å². The van der Waals surface area contributed by atoms with E-state index < -0.39 is 5.97 Å². The molecule has 104 valence electrons. The average molecular weight is 262 g/mol. The zero-order chi connectivity index (χ0) is 14.0. The van der Waals surface area contributed by atoms with Crippen LogP contribution in [-0.2, 0) is 4.79 Å². The molecule has 4 heteroatoms. The van der Waals surface area contributed by atoms with Gasteiger partial charge in [0.25, 0.3) is 0 Å². The number of piperazine rings is 1. The van der Waals surface area contributed by atoms with E-state index in [-0.39, 0.29) is 12.5 Å². The van der Waals surface area contributed by atoms with E-state index in [1.807, 2.05) is 0 Å². The highest BCUT2D eigenvalue weighted by Gasteiger charge is 2.26. The van der Waals surface area contributed by atoms with Crippen molar-refractivity contribution in [2.24, 2.45) is 0 Å². The summed E-state index contributed by atoms with van der Waals surface area (Å²) < 4.78 is 0. The lowest BCUT2D eigenvalue weighted by Crippen LogP contribution is -2.56. The van der Waals surface area contributed by atoms with E-state index in [0.717, 1.165) is 13.1 Å². The Morgan fingerprint density at radius 2 is 2.00 bits per heavy atom. The first kappa shape index (κ1) is 13.9. The predicted octanol–water partition coefficient (Wildman–Crippen LogP) is 1.94. The first-order valence-electron chi connectivity index (χ1n) is 6.76. The van der Waals surface area contributed by atoms with Gasteiger partial charge in [0.15, 0.2) is 0 Å². The van der Waals surface area contributed by atoms with Gasteiger partial charge >= 0.3 is 5.97 Å². The zero-order valence-corrected chi connectivity index (χ0v) is 11.8. The van der Waals surface area contributed by atoms with Crippen molar-refractivity contribution in [1.82, 2.24) is 5.32 Å². The Morgan fingerprint density at radius 1 is 1.37 bits per heavy atom. The van der Waals surface area contributed by atoms with Gasteiger partial charge in [-0.2, -0.15) is 0 Å². The summed E-state index contributed by atoms with van der Waals surface area (Å²) in [4.78, 5) is 13.2. The topological polar surface area (TPSA) is 52.6 Å². The Hall–Kier alpha value is -1.55. The quantitative estimate of drug-likeness (QED) is 0.874. The second kappa shape index (κ2) is 5.61. The molecule has 0 spiro atoms. The first-order valence-corrected chi connectivity index (χ1v) is 6.76. The van der Waals surface area contributed by atoms with Crippen molar-refractivity contribution in [2.45, 2.75) is 39.3 Å². The van der Waals surface area contributed by atoms with E-state index in [1.165, 1.54) is 16.8 Å². The Morgan fingerprint density at radius 3 is 2.58 bits per heavy atom. The Balaban J connectivity index is 2.18. The lowest BCUT2D eigenvalue weighted by Gasteiger charge is -2.40. The number of rotatable bonds is 3. The third kappa shape index (κ3) is 3.47. The van der Waals surface area contributed by atoms with Gasteiger partial charge in [0, 0.05) is 30.9 Å². The number of carboxylic acids is 1. The van der Waals surface area contributed by atoms with Gasteiger partial charge in [-0.15, -0.1) is 0 Å². The molecular weight excluding hydrogens is 240 g/mol. The van der Waals surface area contributed by atoms with Crippen LogP contribution in [0.4, 0.5) is 5.69 Å².